The fraction of sp³-hybridized carbons (Fsp3) is 0.804. The zero-order valence-corrected chi connectivity index (χ0v) is 45.8. The lowest BCUT2D eigenvalue weighted by atomic mass is 9.74. The van der Waals surface area contributed by atoms with Crippen molar-refractivity contribution in [2.24, 2.45) is 23.7 Å². The quantitative estimate of drug-likeness (QED) is 0.0602. The van der Waals surface area contributed by atoms with Crippen molar-refractivity contribution in [2.75, 3.05) is 41.4 Å². The first-order valence-electron chi connectivity index (χ1n) is 25.4. The number of halogens is 1. The fourth-order valence-corrected chi connectivity index (χ4v) is 11.0. The van der Waals surface area contributed by atoms with E-state index in [1.54, 1.807) is 48.5 Å². The highest BCUT2D eigenvalue weighted by Gasteiger charge is 2.55. The Bertz CT molecular complexity index is 2030. The van der Waals surface area contributed by atoms with Crippen molar-refractivity contribution in [3.8, 4) is 0 Å². The molecule has 73 heavy (non-hydrogen) atoms. The number of rotatable bonds is 17. The van der Waals surface area contributed by atoms with E-state index in [4.69, 9.17) is 49.5 Å². The number of aliphatic hydroxyl groups is 3. The summed E-state index contributed by atoms with van der Waals surface area (Å²) in [5.74, 6) is -5.36. The summed E-state index contributed by atoms with van der Waals surface area (Å²) >= 11 is 6.13. The highest BCUT2D eigenvalue weighted by Crippen LogP contribution is 2.42. The molecule has 4 rings (SSSR count). The molecule has 3 aliphatic heterocycles. The molecule has 3 fully saturated rings. The van der Waals surface area contributed by atoms with E-state index in [0.29, 0.717) is 19.3 Å². The molecule has 0 saturated carbocycles. The van der Waals surface area contributed by atoms with Crippen LogP contribution in [0.5, 0.6) is 0 Å². The van der Waals surface area contributed by atoms with E-state index < -0.39 is 119 Å². The molecule has 3 heterocycles. The number of alkyl carbamates (subject to hydrolysis) is 1. The normalized spacial score (nSPS) is 38.0. The van der Waals surface area contributed by atoms with Gasteiger partial charge in [0.25, 0.3) is 5.69 Å². The molecule has 1 aromatic rings. The van der Waals surface area contributed by atoms with Crippen molar-refractivity contribution < 1.29 is 77.3 Å². The first kappa shape index (κ1) is 61.9. The number of cyclic esters (lactones) is 1. The van der Waals surface area contributed by atoms with Crippen LogP contribution in [0.2, 0.25) is 5.02 Å². The first-order chi connectivity index (χ1) is 34.1. The molecular formula is C51H83ClN4O17. The monoisotopic (exact) mass is 1060 g/mol. The van der Waals surface area contributed by atoms with E-state index in [0.717, 1.165) is 0 Å². The number of hydrogen-bond donors (Lipinski definition) is 5. The summed E-state index contributed by atoms with van der Waals surface area (Å²) in [6.07, 6.45) is -10.0. The van der Waals surface area contributed by atoms with Gasteiger partial charge in [0.2, 0.25) is 5.91 Å². The Balaban J connectivity index is 1.58. The van der Waals surface area contributed by atoms with Gasteiger partial charge >= 0.3 is 12.1 Å². The maximum atomic E-state index is 14.5. The maximum Gasteiger partial charge on any atom is 0.407 e. The molecule has 3 saturated heterocycles. The van der Waals surface area contributed by atoms with Gasteiger partial charge in [-0.05, 0) is 93.8 Å². The number of aliphatic hydroxyl groups excluding tert-OH is 2. The number of nitro groups is 1. The molecule has 0 aliphatic carbocycles. The second kappa shape index (κ2) is 26.4. The molecule has 0 spiro atoms. The third kappa shape index (κ3) is 15.1. The second-order valence-corrected chi connectivity index (χ2v) is 21.6. The minimum absolute atomic E-state index is 0.00468. The topological polar surface area (TPSA) is 273 Å². The van der Waals surface area contributed by atoms with E-state index in [2.05, 4.69) is 10.6 Å². The van der Waals surface area contributed by atoms with Crippen molar-refractivity contribution in [2.45, 2.75) is 198 Å². The van der Waals surface area contributed by atoms with E-state index in [9.17, 15) is 44.6 Å². The van der Waals surface area contributed by atoms with Gasteiger partial charge in [0, 0.05) is 63.6 Å². The summed E-state index contributed by atoms with van der Waals surface area (Å²) in [5.41, 5.74) is -4.71. The zero-order valence-electron chi connectivity index (χ0n) is 45.1. The molecule has 2 amide bonds. The lowest BCUT2D eigenvalue weighted by molar-refractivity contribution is -0.385. The lowest BCUT2D eigenvalue weighted by Gasteiger charge is -2.50. The summed E-state index contributed by atoms with van der Waals surface area (Å²) in [5, 5.41) is 52.1. The average molecular weight is 1060 g/mol. The number of carbonyl (C=O) groups excluding carboxylic acids is 4. The smallest absolute Gasteiger partial charge is 0.407 e. The molecule has 416 valence electrons. The van der Waals surface area contributed by atoms with Gasteiger partial charge in [0.15, 0.2) is 18.7 Å². The van der Waals surface area contributed by atoms with E-state index in [-0.39, 0.29) is 73.0 Å². The van der Waals surface area contributed by atoms with Gasteiger partial charge in [-0.3, -0.25) is 24.5 Å². The van der Waals surface area contributed by atoms with Gasteiger partial charge in [-0.15, -0.1) is 0 Å². The number of likely N-dealkylation sites (N-methyl/N-ethyl adjacent to an activating group) is 1. The number of carbonyl (C=O) groups is 4. The van der Waals surface area contributed by atoms with Crippen LogP contribution in [0, 0.1) is 33.8 Å². The maximum absolute atomic E-state index is 14.5. The van der Waals surface area contributed by atoms with Crippen LogP contribution in [0.4, 0.5) is 10.5 Å². The number of Topliss-reactive ketones (excluding diaryl/α,β-unsaturated/α-hetero) is 1. The molecule has 21 nitrogen and oxygen atoms in total. The Morgan fingerprint density at radius 2 is 1.53 bits per heavy atom. The van der Waals surface area contributed by atoms with Crippen LogP contribution in [-0.4, -0.2) is 175 Å². The molecule has 18 atom stereocenters. The van der Waals surface area contributed by atoms with Crippen molar-refractivity contribution in [3.63, 3.8) is 0 Å². The Labute approximate surface area is 435 Å². The highest BCUT2D eigenvalue weighted by atomic mass is 35.5. The average Bonchev–Trinajstić information content (AvgIpc) is 3.33. The van der Waals surface area contributed by atoms with Crippen LogP contribution in [0.15, 0.2) is 18.2 Å². The summed E-state index contributed by atoms with van der Waals surface area (Å²) in [4.78, 5) is 67.3. The minimum Gasteiger partial charge on any atom is -0.459 e. The predicted molar refractivity (Wildman–Crippen MR) is 267 cm³/mol. The van der Waals surface area contributed by atoms with Crippen LogP contribution >= 0.6 is 11.6 Å². The van der Waals surface area contributed by atoms with Gasteiger partial charge < -0.3 is 68.7 Å². The summed E-state index contributed by atoms with van der Waals surface area (Å²) in [6.45, 7) is 17.2. The Hall–Kier alpha value is -3.61. The molecule has 22 heteroatoms. The summed E-state index contributed by atoms with van der Waals surface area (Å²) in [6, 6.07) is 3.86. The number of benzene rings is 1. The number of ketones is 1. The molecule has 0 aromatic heterocycles. The molecule has 0 radical (unpaired) electrons. The third-order valence-corrected chi connectivity index (χ3v) is 15.6. The number of nitro benzene ring substituents is 1. The van der Waals surface area contributed by atoms with Gasteiger partial charge in [0.05, 0.1) is 64.0 Å². The Kier molecular flexibility index (Phi) is 22.4. The fourth-order valence-electron chi connectivity index (χ4n) is 10.7. The summed E-state index contributed by atoms with van der Waals surface area (Å²) in [7, 11) is 6.65. The van der Waals surface area contributed by atoms with Crippen molar-refractivity contribution in [1.29, 1.82) is 0 Å². The standard InChI is InChI=1S/C51H83ClN4O17/c1-15-37-51(10,63)43(60)29(4)40(58)27(2)25-49(8,66-13)44(72-47-41(59)36(55(11)12)23-28(3)68-47)30(5)42(31(6)46(61)70-37)71-39-26-50(9,67-14)45(32(7)69-39)73-48(62)54-22-17-16-21-53-38(57)24-33-34(52)19-18-20-35(33)56(64)65/h18-20,27-32,36-37,39,41-45,47,59-60,63H,15-17,21-26H2,1-14H3,(H,53,57)(H,54,62)/t27-,28-,29-,30-,31-,32+,36+,37+,39+,41-,42+,43+,44?,45+,47+,49-,50-,51-/m1/s1. The van der Waals surface area contributed by atoms with E-state index in [1.165, 1.54) is 46.3 Å². The van der Waals surface area contributed by atoms with Crippen molar-refractivity contribution >= 4 is 41.0 Å². The number of unbranched alkanes of at least 4 members (excludes halogenated alkanes) is 1. The third-order valence-electron chi connectivity index (χ3n) is 15.3. The molecular weight excluding hydrogens is 976 g/mol. The van der Waals surface area contributed by atoms with Crippen LogP contribution < -0.4 is 10.6 Å². The second-order valence-electron chi connectivity index (χ2n) is 21.2. The number of hydrogen-bond acceptors (Lipinski definition) is 18. The Morgan fingerprint density at radius 1 is 0.918 bits per heavy atom. The summed E-state index contributed by atoms with van der Waals surface area (Å²) < 4.78 is 50.9. The molecule has 1 unspecified atom stereocenters. The van der Waals surface area contributed by atoms with Crippen molar-refractivity contribution in [1.82, 2.24) is 15.5 Å². The number of ether oxygens (including phenoxy) is 8. The van der Waals surface area contributed by atoms with Crippen LogP contribution in [0.3, 0.4) is 0 Å². The van der Waals surface area contributed by atoms with Gasteiger partial charge in [-0.2, -0.15) is 0 Å². The number of nitrogens with one attached hydrogen (secondary N) is 2. The molecule has 1 aromatic carbocycles. The molecule has 0 bridgehead atoms. The van der Waals surface area contributed by atoms with E-state index in [1.807, 2.05) is 25.9 Å². The SMILES string of the molecule is CC[C@@H]1OC(=O)[C@H](C)[C@@H](O[C@H]2C[C@@](C)(OC)[C@@H](OC(=O)NCCCCNC(=O)Cc3c(Cl)cccc3[N+](=O)[O-])[C@H](C)O2)[C@@H](C)C(O[C@@H]2O[C@H](C)C[C@H](N(C)C)[C@H]2O)[C@](C)(OC)C[C@@H](C)C(=O)[C@@H](C)[C@H](O)[C@]1(C)O. The number of nitrogens with zero attached hydrogens (tertiary/aromatic N) is 2. The zero-order chi connectivity index (χ0) is 54.9. The van der Waals surface area contributed by atoms with Crippen molar-refractivity contribution in [3.05, 3.63) is 38.9 Å². The number of methoxy groups -OCH3 is 2. The molecule has 5 N–H and O–H groups in total. The highest BCUT2D eigenvalue weighted by molar-refractivity contribution is 6.31. The number of esters is 1. The lowest BCUT2D eigenvalue weighted by Crippen LogP contribution is -2.62. The van der Waals surface area contributed by atoms with Gasteiger partial charge in [0.1, 0.15) is 29.2 Å². The van der Waals surface area contributed by atoms with Crippen LogP contribution in [0.1, 0.15) is 113 Å². The van der Waals surface area contributed by atoms with Gasteiger partial charge in [-0.1, -0.05) is 45.4 Å². The van der Waals surface area contributed by atoms with Crippen LogP contribution in [-0.2, 0) is 58.7 Å². The largest absolute Gasteiger partial charge is 0.459 e. The minimum atomic E-state index is -2.04. The molecule has 3 aliphatic rings. The number of amides is 2. The van der Waals surface area contributed by atoms with Gasteiger partial charge in [-0.25, -0.2) is 4.79 Å². The Morgan fingerprint density at radius 3 is 2.12 bits per heavy atom. The van der Waals surface area contributed by atoms with Crippen LogP contribution in [0.25, 0.3) is 0 Å². The predicted octanol–water partition coefficient (Wildman–Crippen LogP) is 4.87. The van der Waals surface area contributed by atoms with E-state index >= 15 is 0 Å². The first-order valence-corrected chi connectivity index (χ1v) is 25.8.